The molecular formula is C20H18BrNO7. The average molecular weight is 464 g/mol. The average Bonchev–Trinajstić information content (AvgIpc) is 3.14. The van der Waals surface area contributed by atoms with Gasteiger partial charge >= 0.3 is 12.1 Å². The molecule has 1 aliphatic rings. The second-order valence-electron chi connectivity index (χ2n) is 6.28. The monoisotopic (exact) mass is 463 g/mol. The Morgan fingerprint density at radius 1 is 1.21 bits per heavy atom. The number of carboxylic acids is 1. The van der Waals surface area contributed by atoms with Gasteiger partial charge in [-0.15, -0.1) is 0 Å². The van der Waals surface area contributed by atoms with E-state index in [0.29, 0.717) is 27.2 Å². The largest absolute Gasteiger partial charge is 0.508 e. The van der Waals surface area contributed by atoms with Crippen molar-refractivity contribution < 1.29 is 34.0 Å². The van der Waals surface area contributed by atoms with Crippen molar-refractivity contribution in [2.24, 2.45) is 5.92 Å². The van der Waals surface area contributed by atoms with Crippen LogP contribution in [0.25, 0.3) is 0 Å². The Balaban J connectivity index is 1.81. The molecule has 9 heteroatoms. The number of benzene rings is 2. The maximum absolute atomic E-state index is 12.5. The zero-order chi connectivity index (χ0) is 21.0. The molecule has 0 bridgehead atoms. The van der Waals surface area contributed by atoms with E-state index < -0.39 is 24.1 Å². The number of halogens is 1. The standard InChI is InChI=1S/C20H18BrNO7/c1-11(2-7-18(24)25)19(14-8-12(21)3-5-15(14)23)29-20(26)22-13-4-6-16-17(9-13)28-10-27-16/h2-9,11,19,23H,10H2,1H3,(H,22,26)(H,24,25)/b7-2+/t11-,19+/m1/s1. The van der Waals surface area contributed by atoms with E-state index in [1.807, 2.05) is 0 Å². The van der Waals surface area contributed by atoms with Gasteiger partial charge in [0.15, 0.2) is 11.5 Å². The number of anilines is 1. The molecule has 0 unspecified atom stereocenters. The minimum absolute atomic E-state index is 0.0790. The molecular weight excluding hydrogens is 446 g/mol. The predicted molar refractivity (Wildman–Crippen MR) is 107 cm³/mol. The van der Waals surface area contributed by atoms with Crippen LogP contribution in [0.5, 0.6) is 17.2 Å². The summed E-state index contributed by atoms with van der Waals surface area (Å²) in [5.41, 5.74) is 0.771. The third-order valence-corrected chi connectivity index (χ3v) is 4.66. The Kier molecular flexibility index (Phi) is 6.28. The Hall–Kier alpha value is -3.20. The van der Waals surface area contributed by atoms with Gasteiger partial charge in [-0.2, -0.15) is 0 Å². The maximum Gasteiger partial charge on any atom is 0.412 e. The lowest BCUT2D eigenvalue weighted by atomic mass is 9.96. The fourth-order valence-electron chi connectivity index (χ4n) is 2.78. The second-order valence-corrected chi connectivity index (χ2v) is 7.19. The Morgan fingerprint density at radius 3 is 2.72 bits per heavy atom. The van der Waals surface area contributed by atoms with Gasteiger partial charge in [-0.25, -0.2) is 9.59 Å². The molecule has 3 N–H and O–H groups in total. The van der Waals surface area contributed by atoms with Crippen molar-refractivity contribution in [2.75, 3.05) is 12.1 Å². The van der Waals surface area contributed by atoms with Crippen LogP contribution in [0.2, 0.25) is 0 Å². The fraction of sp³-hybridized carbons (Fsp3) is 0.200. The van der Waals surface area contributed by atoms with Crippen LogP contribution >= 0.6 is 15.9 Å². The highest BCUT2D eigenvalue weighted by atomic mass is 79.9. The van der Waals surface area contributed by atoms with Gasteiger partial charge in [0.1, 0.15) is 11.9 Å². The van der Waals surface area contributed by atoms with Crippen LogP contribution in [-0.4, -0.2) is 29.1 Å². The van der Waals surface area contributed by atoms with Crippen molar-refractivity contribution in [1.82, 2.24) is 0 Å². The summed E-state index contributed by atoms with van der Waals surface area (Å²) in [6, 6.07) is 9.60. The highest BCUT2D eigenvalue weighted by Crippen LogP contribution is 2.37. The molecule has 1 aliphatic heterocycles. The molecule has 0 saturated carbocycles. The Labute approximate surface area is 174 Å². The van der Waals surface area contributed by atoms with Gasteiger partial charge in [-0.05, 0) is 30.3 Å². The van der Waals surface area contributed by atoms with Gasteiger partial charge in [0.2, 0.25) is 6.79 Å². The lowest BCUT2D eigenvalue weighted by Crippen LogP contribution is -2.21. The van der Waals surface area contributed by atoms with Crippen LogP contribution in [0, 0.1) is 5.92 Å². The van der Waals surface area contributed by atoms with Gasteiger partial charge in [-0.1, -0.05) is 28.9 Å². The number of phenols is 1. The zero-order valence-corrected chi connectivity index (χ0v) is 16.9. The van der Waals surface area contributed by atoms with Crippen molar-refractivity contribution in [3.63, 3.8) is 0 Å². The molecule has 8 nitrogen and oxygen atoms in total. The fourth-order valence-corrected chi connectivity index (χ4v) is 3.16. The molecule has 152 valence electrons. The van der Waals surface area contributed by atoms with E-state index in [1.54, 1.807) is 37.3 Å². The second kappa shape index (κ2) is 8.87. The Morgan fingerprint density at radius 2 is 1.97 bits per heavy atom. The Bertz CT molecular complexity index is 960. The third-order valence-electron chi connectivity index (χ3n) is 4.17. The number of ether oxygens (including phenoxy) is 3. The highest BCUT2D eigenvalue weighted by Gasteiger charge is 2.26. The van der Waals surface area contributed by atoms with E-state index in [4.69, 9.17) is 19.3 Å². The number of hydrogen-bond donors (Lipinski definition) is 3. The summed E-state index contributed by atoms with van der Waals surface area (Å²) in [4.78, 5) is 23.4. The van der Waals surface area contributed by atoms with Crippen molar-refractivity contribution in [1.29, 1.82) is 0 Å². The smallest absolute Gasteiger partial charge is 0.412 e. The van der Waals surface area contributed by atoms with Crippen molar-refractivity contribution in [2.45, 2.75) is 13.0 Å². The molecule has 0 saturated heterocycles. The van der Waals surface area contributed by atoms with Crippen molar-refractivity contribution >= 4 is 33.7 Å². The molecule has 2 aromatic rings. The van der Waals surface area contributed by atoms with Crippen molar-refractivity contribution in [3.8, 4) is 17.2 Å². The third kappa shape index (κ3) is 5.20. The van der Waals surface area contributed by atoms with Crippen LogP contribution in [0.3, 0.4) is 0 Å². The van der Waals surface area contributed by atoms with E-state index in [0.717, 1.165) is 6.08 Å². The number of hydrogen-bond acceptors (Lipinski definition) is 6. The van der Waals surface area contributed by atoms with E-state index in [2.05, 4.69) is 21.2 Å². The lowest BCUT2D eigenvalue weighted by molar-refractivity contribution is -0.131. The molecule has 3 rings (SSSR count). The number of aromatic hydroxyl groups is 1. The summed E-state index contributed by atoms with van der Waals surface area (Å²) in [5.74, 6) is -0.660. The van der Waals surface area contributed by atoms with Crippen LogP contribution in [0.1, 0.15) is 18.6 Å². The number of carbonyl (C=O) groups is 2. The zero-order valence-electron chi connectivity index (χ0n) is 15.3. The molecule has 0 aliphatic carbocycles. The minimum Gasteiger partial charge on any atom is -0.508 e. The molecule has 0 fully saturated rings. The lowest BCUT2D eigenvalue weighted by Gasteiger charge is -2.23. The number of phenolic OH excluding ortho intramolecular Hbond substituents is 1. The van der Waals surface area contributed by atoms with E-state index in [-0.39, 0.29) is 12.5 Å². The number of aliphatic carboxylic acids is 1. The number of nitrogens with one attached hydrogen (secondary N) is 1. The van der Waals surface area contributed by atoms with Gasteiger partial charge < -0.3 is 24.4 Å². The quantitative estimate of drug-likeness (QED) is 0.542. The van der Waals surface area contributed by atoms with Gasteiger partial charge in [0, 0.05) is 33.8 Å². The molecule has 29 heavy (non-hydrogen) atoms. The summed E-state index contributed by atoms with van der Waals surface area (Å²) >= 11 is 3.32. The van der Waals surface area contributed by atoms with Crippen LogP contribution in [-0.2, 0) is 9.53 Å². The first-order valence-electron chi connectivity index (χ1n) is 8.60. The van der Waals surface area contributed by atoms with Crippen LogP contribution < -0.4 is 14.8 Å². The summed E-state index contributed by atoms with van der Waals surface area (Å²) in [6.07, 6.45) is 0.647. The van der Waals surface area contributed by atoms with Crippen LogP contribution in [0.4, 0.5) is 10.5 Å². The van der Waals surface area contributed by atoms with E-state index >= 15 is 0 Å². The topological polar surface area (TPSA) is 114 Å². The first-order valence-corrected chi connectivity index (χ1v) is 9.39. The molecule has 2 aromatic carbocycles. The molecule has 0 spiro atoms. The molecule has 2 atom stereocenters. The SMILES string of the molecule is C[C@H](/C=C/C(=O)O)[C@H](OC(=O)Nc1ccc2c(c1)OCO2)c1cc(Br)ccc1O. The summed E-state index contributed by atoms with van der Waals surface area (Å²) in [6.45, 7) is 1.79. The first kappa shape index (κ1) is 20.5. The van der Waals surface area contributed by atoms with Gasteiger partial charge in [0.25, 0.3) is 0 Å². The van der Waals surface area contributed by atoms with Crippen molar-refractivity contribution in [3.05, 3.63) is 58.6 Å². The molecule has 0 radical (unpaired) electrons. The number of carbonyl (C=O) groups excluding carboxylic acids is 1. The molecule has 1 heterocycles. The van der Waals surface area contributed by atoms with E-state index in [9.17, 15) is 14.7 Å². The summed E-state index contributed by atoms with van der Waals surface area (Å²) in [5, 5.41) is 21.7. The summed E-state index contributed by atoms with van der Waals surface area (Å²) in [7, 11) is 0. The maximum atomic E-state index is 12.5. The predicted octanol–water partition coefficient (Wildman–Crippen LogP) is 4.45. The summed E-state index contributed by atoms with van der Waals surface area (Å²) < 4.78 is 16.7. The van der Waals surface area contributed by atoms with Crippen LogP contribution in [0.15, 0.2) is 53.0 Å². The number of rotatable bonds is 6. The highest BCUT2D eigenvalue weighted by molar-refractivity contribution is 9.10. The number of fused-ring (bicyclic) bond motifs is 1. The van der Waals surface area contributed by atoms with Gasteiger partial charge in [0.05, 0.1) is 0 Å². The number of amides is 1. The number of carboxylic acid groups (broad SMARTS) is 1. The van der Waals surface area contributed by atoms with E-state index in [1.165, 1.54) is 12.1 Å². The molecule has 1 amide bonds. The first-order chi connectivity index (χ1) is 13.8. The molecule has 0 aromatic heterocycles. The minimum atomic E-state index is -1.13. The van der Waals surface area contributed by atoms with Gasteiger partial charge in [-0.3, -0.25) is 5.32 Å². The normalized spacial score (nSPS) is 14.4.